The average Bonchev–Trinajstić information content (AvgIpc) is 2.28. The molecule has 0 aromatic heterocycles. The van der Waals surface area contributed by atoms with Gasteiger partial charge in [0.25, 0.3) is 0 Å². The summed E-state index contributed by atoms with van der Waals surface area (Å²) >= 11 is 0. The molecule has 18 heavy (non-hydrogen) atoms. The van der Waals surface area contributed by atoms with Gasteiger partial charge in [-0.1, -0.05) is 6.92 Å². The lowest BCUT2D eigenvalue weighted by atomic mass is 9.86. The van der Waals surface area contributed by atoms with Crippen LogP contribution in [0.4, 0.5) is 0 Å². The van der Waals surface area contributed by atoms with Crippen LogP contribution in [0.1, 0.15) is 34.6 Å². The second-order valence-electron chi connectivity index (χ2n) is 6.07. The van der Waals surface area contributed by atoms with Crippen LogP contribution in [0.5, 0.6) is 0 Å². The van der Waals surface area contributed by atoms with Gasteiger partial charge in [-0.05, 0) is 27.7 Å². The number of aliphatic hydroxyl groups excluding tert-OH is 2. The Kier molecular flexibility index (Phi) is 4.78. The lowest BCUT2D eigenvalue weighted by Crippen LogP contribution is -2.61. The molecular weight excluding hydrogens is 236 g/mol. The summed E-state index contributed by atoms with van der Waals surface area (Å²) in [6.45, 7) is 9.55. The van der Waals surface area contributed by atoms with Crippen LogP contribution in [0, 0.1) is 5.92 Å². The SMILES string of the molecule is CO[C@@]1(C)O[C@H](COC(C)(C)C)[C@@H](O)[C@H](O)[C@H]1C. The highest BCUT2D eigenvalue weighted by Gasteiger charge is 2.49. The van der Waals surface area contributed by atoms with Gasteiger partial charge in [0.05, 0.1) is 18.3 Å². The number of aliphatic hydroxyl groups is 2. The van der Waals surface area contributed by atoms with Crippen molar-refractivity contribution >= 4 is 0 Å². The predicted molar refractivity (Wildman–Crippen MR) is 67.2 cm³/mol. The fourth-order valence-electron chi connectivity index (χ4n) is 2.00. The van der Waals surface area contributed by atoms with Crippen LogP contribution in [-0.4, -0.2) is 53.6 Å². The molecule has 0 unspecified atom stereocenters. The summed E-state index contributed by atoms with van der Waals surface area (Å²) in [5, 5.41) is 20.1. The zero-order chi connectivity index (χ0) is 14.1. The summed E-state index contributed by atoms with van der Waals surface area (Å²) in [6.07, 6.45) is -2.46. The van der Waals surface area contributed by atoms with Gasteiger partial charge in [-0.25, -0.2) is 0 Å². The second kappa shape index (κ2) is 5.43. The van der Waals surface area contributed by atoms with E-state index in [0.29, 0.717) is 0 Å². The number of ether oxygens (including phenoxy) is 3. The summed E-state index contributed by atoms with van der Waals surface area (Å²) in [7, 11) is 1.53. The van der Waals surface area contributed by atoms with E-state index in [9.17, 15) is 10.2 Å². The normalized spacial score (nSPS) is 42.0. The molecule has 0 aromatic rings. The Morgan fingerprint density at radius 3 is 2.22 bits per heavy atom. The molecule has 1 rings (SSSR count). The largest absolute Gasteiger partial charge is 0.390 e. The maximum atomic E-state index is 10.0. The van der Waals surface area contributed by atoms with Crippen LogP contribution in [0.15, 0.2) is 0 Å². The fraction of sp³-hybridized carbons (Fsp3) is 1.00. The van der Waals surface area contributed by atoms with Gasteiger partial charge in [0.2, 0.25) is 0 Å². The molecule has 1 saturated heterocycles. The fourth-order valence-corrected chi connectivity index (χ4v) is 2.00. The molecule has 0 bridgehead atoms. The highest BCUT2D eigenvalue weighted by Crippen LogP contribution is 2.35. The Bertz CT molecular complexity index is 275. The van der Waals surface area contributed by atoms with Crippen LogP contribution in [0.2, 0.25) is 0 Å². The third kappa shape index (κ3) is 3.42. The molecule has 108 valence electrons. The molecule has 2 N–H and O–H groups in total. The Hall–Kier alpha value is -0.200. The molecule has 5 heteroatoms. The van der Waals surface area contributed by atoms with Crippen molar-refractivity contribution in [3.63, 3.8) is 0 Å². The summed E-state index contributed by atoms with van der Waals surface area (Å²) in [5.74, 6) is -1.23. The van der Waals surface area contributed by atoms with Crippen LogP contribution >= 0.6 is 0 Å². The molecule has 1 fully saturated rings. The van der Waals surface area contributed by atoms with Crippen molar-refractivity contribution in [2.24, 2.45) is 5.92 Å². The highest BCUT2D eigenvalue weighted by atomic mass is 16.7. The lowest BCUT2D eigenvalue weighted by Gasteiger charge is -2.47. The molecule has 5 atom stereocenters. The first kappa shape index (κ1) is 15.9. The smallest absolute Gasteiger partial charge is 0.170 e. The van der Waals surface area contributed by atoms with Crippen LogP contribution in [0.3, 0.4) is 0 Å². The number of hydrogen-bond acceptors (Lipinski definition) is 5. The molecule has 0 spiro atoms. The van der Waals surface area contributed by atoms with Crippen LogP contribution in [0.25, 0.3) is 0 Å². The topological polar surface area (TPSA) is 68.2 Å². The van der Waals surface area contributed by atoms with Crippen molar-refractivity contribution in [2.45, 2.75) is 64.3 Å². The van der Waals surface area contributed by atoms with E-state index in [1.165, 1.54) is 7.11 Å². The third-order valence-corrected chi connectivity index (χ3v) is 3.54. The first-order valence-electron chi connectivity index (χ1n) is 6.34. The van der Waals surface area contributed by atoms with E-state index >= 15 is 0 Å². The summed E-state index contributed by atoms with van der Waals surface area (Å²) < 4.78 is 16.7. The van der Waals surface area contributed by atoms with Gasteiger partial charge in [-0.2, -0.15) is 0 Å². The standard InChI is InChI=1S/C13H26O5/c1-8-10(14)11(15)9(7-17-12(2,3)4)18-13(8,5)16-6/h8-11,14-15H,7H2,1-6H3/t8-,9-,10-,11-,13+/m1/s1. The predicted octanol–water partition coefficient (Wildman–Crippen LogP) is 0.921. The van der Waals surface area contributed by atoms with Crippen LogP contribution in [-0.2, 0) is 14.2 Å². The van der Waals surface area contributed by atoms with E-state index in [1.807, 2.05) is 20.8 Å². The molecule has 0 aliphatic carbocycles. The number of hydrogen-bond donors (Lipinski definition) is 2. The van der Waals surface area contributed by atoms with Gasteiger partial charge in [0.1, 0.15) is 12.2 Å². The molecule has 0 aromatic carbocycles. The van der Waals surface area contributed by atoms with Crippen molar-refractivity contribution in [3.05, 3.63) is 0 Å². The minimum absolute atomic E-state index is 0.216. The van der Waals surface area contributed by atoms with Gasteiger partial charge in [-0.3, -0.25) is 0 Å². The van der Waals surface area contributed by atoms with Gasteiger partial charge >= 0.3 is 0 Å². The molecule has 0 radical (unpaired) electrons. The maximum Gasteiger partial charge on any atom is 0.170 e. The van der Waals surface area contributed by atoms with Crippen molar-refractivity contribution < 1.29 is 24.4 Å². The summed E-state index contributed by atoms with van der Waals surface area (Å²) in [4.78, 5) is 0. The van der Waals surface area contributed by atoms with Crippen molar-refractivity contribution in [2.75, 3.05) is 13.7 Å². The Balaban J connectivity index is 2.74. The van der Waals surface area contributed by atoms with Gasteiger partial charge in [0.15, 0.2) is 5.79 Å². The minimum Gasteiger partial charge on any atom is -0.390 e. The zero-order valence-electron chi connectivity index (χ0n) is 12.1. The third-order valence-electron chi connectivity index (χ3n) is 3.54. The first-order valence-corrected chi connectivity index (χ1v) is 6.34. The van der Waals surface area contributed by atoms with E-state index in [4.69, 9.17) is 14.2 Å². The quantitative estimate of drug-likeness (QED) is 0.791. The van der Waals surface area contributed by atoms with E-state index in [2.05, 4.69) is 0 Å². The first-order chi connectivity index (χ1) is 8.10. The van der Waals surface area contributed by atoms with Crippen molar-refractivity contribution in [3.8, 4) is 0 Å². The Morgan fingerprint density at radius 2 is 1.78 bits per heavy atom. The lowest BCUT2D eigenvalue weighted by molar-refractivity contribution is -0.336. The van der Waals surface area contributed by atoms with E-state index in [0.717, 1.165) is 0 Å². The highest BCUT2D eigenvalue weighted by molar-refractivity contribution is 4.92. The maximum absolute atomic E-state index is 10.0. The molecule has 1 aliphatic rings. The van der Waals surface area contributed by atoms with Crippen molar-refractivity contribution in [1.82, 2.24) is 0 Å². The molecule has 1 heterocycles. The van der Waals surface area contributed by atoms with Gasteiger partial charge in [-0.15, -0.1) is 0 Å². The molecule has 0 amide bonds. The zero-order valence-corrected chi connectivity index (χ0v) is 12.1. The molecular formula is C13H26O5. The monoisotopic (exact) mass is 262 g/mol. The Labute approximate surface area is 109 Å². The van der Waals surface area contributed by atoms with Gasteiger partial charge < -0.3 is 24.4 Å². The van der Waals surface area contributed by atoms with E-state index in [-0.39, 0.29) is 18.1 Å². The molecule has 0 saturated carbocycles. The van der Waals surface area contributed by atoms with Crippen LogP contribution < -0.4 is 0 Å². The minimum atomic E-state index is -0.967. The van der Waals surface area contributed by atoms with E-state index in [1.54, 1.807) is 13.8 Å². The Morgan fingerprint density at radius 1 is 1.22 bits per heavy atom. The summed E-state index contributed by atoms with van der Waals surface area (Å²) in [5.41, 5.74) is -0.319. The number of methoxy groups -OCH3 is 1. The summed E-state index contributed by atoms with van der Waals surface area (Å²) in [6, 6.07) is 0. The van der Waals surface area contributed by atoms with E-state index < -0.39 is 24.1 Å². The average molecular weight is 262 g/mol. The number of rotatable bonds is 3. The van der Waals surface area contributed by atoms with Crippen molar-refractivity contribution in [1.29, 1.82) is 0 Å². The molecule has 1 aliphatic heterocycles. The second-order valence-corrected chi connectivity index (χ2v) is 6.07. The van der Waals surface area contributed by atoms with Gasteiger partial charge in [0, 0.05) is 13.0 Å². The molecule has 5 nitrogen and oxygen atoms in total.